The zero-order valence-corrected chi connectivity index (χ0v) is 12.1. The molecular weight excluding hydrogens is 275 g/mol. The highest BCUT2D eigenvalue weighted by Gasteiger charge is 2.17. The summed E-state index contributed by atoms with van der Waals surface area (Å²) in [5, 5.41) is 3.00. The van der Waals surface area contributed by atoms with Crippen LogP contribution in [0.5, 0.6) is 0 Å². The largest absolute Gasteiger partial charge is 0.309 e. The summed E-state index contributed by atoms with van der Waals surface area (Å²) in [5.74, 6) is -3.78. The van der Waals surface area contributed by atoms with Crippen LogP contribution in [0.25, 0.3) is 0 Å². The van der Waals surface area contributed by atoms with E-state index >= 15 is 0 Å². The van der Waals surface area contributed by atoms with Crippen LogP contribution in [0.4, 0.5) is 13.2 Å². The first-order valence-electron chi connectivity index (χ1n) is 6.97. The number of halogens is 3. The lowest BCUT2D eigenvalue weighted by Crippen LogP contribution is -2.18. The summed E-state index contributed by atoms with van der Waals surface area (Å²) in [6.07, 6.45) is 2.05. The third-order valence-electron chi connectivity index (χ3n) is 3.48. The van der Waals surface area contributed by atoms with E-state index in [4.69, 9.17) is 0 Å². The zero-order valence-electron chi connectivity index (χ0n) is 12.1. The lowest BCUT2D eigenvalue weighted by molar-refractivity contribution is 0.443. The molecule has 0 aliphatic carbocycles. The maximum absolute atomic E-state index is 13.4. The van der Waals surface area contributed by atoms with Gasteiger partial charge in [0.1, 0.15) is 0 Å². The van der Waals surface area contributed by atoms with E-state index in [2.05, 4.69) is 12.2 Å². The van der Waals surface area contributed by atoms with Crippen molar-refractivity contribution in [3.8, 4) is 0 Å². The molecule has 0 radical (unpaired) electrons. The van der Waals surface area contributed by atoms with Gasteiger partial charge < -0.3 is 5.32 Å². The van der Waals surface area contributed by atoms with Crippen LogP contribution in [-0.2, 0) is 6.42 Å². The molecule has 0 aliphatic heterocycles. The van der Waals surface area contributed by atoms with E-state index in [9.17, 15) is 13.2 Å². The molecule has 2 aromatic rings. The Balaban J connectivity index is 2.35. The molecule has 1 nitrogen and oxygen atoms in total. The van der Waals surface area contributed by atoms with E-state index in [1.807, 2.05) is 24.3 Å². The van der Waals surface area contributed by atoms with Crippen molar-refractivity contribution >= 4 is 0 Å². The number of hydrogen-bond acceptors (Lipinski definition) is 1. The zero-order chi connectivity index (χ0) is 15.4. The van der Waals surface area contributed by atoms with Crippen molar-refractivity contribution < 1.29 is 13.2 Å². The van der Waals surface area contributed by atoms with E-state index < -0.39 is 17.5 Å². The number of rotatable bonds is 5. The minimum Gasteiger partial charge on any atom is -0.309 e. The Morgan fingerprint density at radius 2 is 1.52 bits per heavy atom. The molecule has 1 N–H and O–H groups in total. The second-order valence-electron chi connectivity index (χ2n) is 5.01. The minimum absolute atomic E-state index is 0.358. The van der Waals surface area contributed by atoms with E-state index in [-0.39, 0.29) is 6.04 Å². The van der Waals surface area contributed by atoms with Crippen molar-refractivity contribution in [2.75, 3.05) is 7.05 Å². The predicted octanol–water partition coefficient (Wildman–Crippen LogP) is 4.37. The first-order chi connectivity index (χ1) is 10.1. The van der Waals surface area contributed by atoms with Gasteiger partial charge in [0.25, 0.3) is 0 Å². The highest BCUT2D eigenvalue weighted by molar-refractivity contribution is 5.34. The quantitative estimate of drug-likeness (QED) is 0.807. The molecule has 0 amide bonds. The topological polar surface area (TPSA) is 12.0 Å². The van der Waals surface area contributed by atoms with Gasteiger partial charge in [-0.15, -0.1) is 0 Å². The fraction of sp³-hybridized carbons (Fsp3) is 0.294. The number of nitrogens with one attached hydrogen (secondary N) is 1. The van der Waals surface area contributed by atoms with E-state index in [1.54, 1.807) is 7.05 Å². The molecular formula is C17H18F3N. The average molecular weight is 293 g/mol. The molecule has 2 rings (SSSR count). The van der Waals surface area contributed by atoms with Gasteiger partial charge in [0, 0.05) is 0 Å². The Hall–Kier alpha value is -1.81. The Bertz CT molecular complexity index is 585. The Morgan fingerprint density at radius 1 is 0.952 bits per heavy atom. The van der Waals surface area contributed by atoms with Gasteiger partial charge in [0.2, 0.25) is 0 Å². The van der Waals surface area contributed by atoms with Gasteiger partial charge in [-0.05, 0) is 42.3 Å². The van der Waals surface area contributed by atoms with Crippen LogP contribution in [0, 0.1) is 17.5 Å². The highest BCUT2D eigenvalue weighted by Crippen LogP contribution is 2.25. The van der Waals surface area contributed by atoms with Crippen LogP contribution in [0.3, 0.4) is 0 Å². The fourth-order valence-electron chi connectivity index (χ4n) is 2.43. The summed E-state index contributed by atoms with van der Waals surface area (Å²) in [6, 6.07) is 9.51. The van der Waals surface area contributed by atoms with Crippen LogP contribution in [0.15, 0.2) is 36.4 Å². The van der Waals surface area contributed by atoms with Gasteiger partial charge in [0.05, 0.1) is 6.04 Å². The lowest BCUT2D eigenvalue weighted by Gasteiger charge is -2.18. The normalized spacial score (nSPS) is 12.4. The first-order valence-corrected chi connectivity index (χ1v) is 6.97. The van der Waals surface area contributed by atoms with Gasteiger partial charge in [-0.3, -0.25) is 0 Å². The summed E-state index contributed by atoms with van der Waals surface area (Å²) >= 11 is 0. The molecule has 0 bridgehead atoms. The summed E-state index contributed by atoms with van der Waals surface area (Å²) in [7, 11) is 1.70. The molecule has 0 saturated carbocycles. The molecule has 0 fully saturated rings. The van der Waals surface area contributed by atoms with E-state index in [0.717, 1.165) is 30.5 Å². The van der Waals surface area contributed by atoms with Crippen molar-refractivity contribution in [3.05, 3.63) is 70.5 Å². The number of hydrogen-bond donors (Lipinski definition) is 1. The van der Waals surface area contributed by atoms with Crippen molar-refractivity contribution in [1.29, 1.82) is 0 Å². The van der Waals surface area contributed by atoms with Gasteiger partial charge in [-0.25, -0.2) is 13.2 Å². The minimum atomic E-state index is -1.44. The van der Waals surface area contributed by atoms with Crippen molar-refractivity contribution in [2.45, 2.75) is 25.8 Å². The van der Waals surface area contributed by atoms with Crippen LogP contribution >= 0.6 is 0 Å². The molecule has 1 atom stereocenters. The summed E-state index contributed by atoms with van der Waals surface area (Å²) < 4.78 is 39.8. The van der Waals surface area contributed by atoms with Gasteiger partial charge in [0.15, 0.2) is 17.5 Å². The van der Waals surface area contributed by atoms with Crippen molar-refractivity contribution in [3.63, 3.8) is 0 Å². The fourth-order valence-corrected chi connectivity index (χ4v) is 2.43. The van der Waals surface area contributed by atoms with Gasteiger partial charge in [-0.1, -0.05) is 37.6 Å². The van der Waals surface area contributed by atoms with Crippen molar-refractivity contribution in [1.82, 2.24) is 5.32 Å². The Morgan fingerprint density at radius 3 is 2.00 bits per heavy atom. The van der Waals surface area contributed by atoms with Crippen LogP contribution in [0.2, 0.25) is 0 Å². The molecule has 2 aromatic carbocycles. The third kappa shape index (κ3) is 3.45. The second-order valence-corrected chi connectivity index (χ2v) is 5.01. The molecule has 0 spiro atoms. The molecule has 0 aliphatic rings. The Labute approximate surface area is 122 Å². The highest BCUT2D eigenvalue weighted by atomic mass is 19.2. The standard InChI is InChI=1S/C17H18F3N/c1-3-4-11-5-7-12(8-6-11)17(21-2)13-9-14(18)16(20)15(19)10-13/h5-10,17,21H,3-4H2,1-2H3. The molecule has 0 saturated heterocycles. The second kappa shape index (κ2) is 6.76. The average Bonchev–Trinajstić information content (AvgIpc) is 2.47. The van der Waals surface area contributed by atoms with E-state index in [0.29, 0.717) is 5.56 Å². The van der Waals surface area contributed by atoms with Crippen LogP contribution in [-0.4, -0.2) is 7.05 Å². The summed E-state index contributed by atoms with van der Waals surface area (Å²) in [6.45, 7) is 2.11. The predicted molar refractivity (Wildman–Crippen MR) is 77.7 cm³/mol. The smallest absolute Gasteiger partial charge is 0.194 e. The summed E-state index contributed by atoms with van der Waals surface area (Å²) in [4.78, 5) is 0. The number of benzene rings is 2. The maximum atomic E-state index is 13.4. The Kier molecular flexibility index (Phi) is 5.02. The molecule has 4 heteroatoms. The van der Waals surface area contributed by atoms with Gasteiger partial charge in [-0.2, -0.15) is 0 Å². The summed E-state index contributed by atoms with van der Waals surface area (Å²) in [5.41, 5.74) is 2.45. The molecule has 1 unspecified atom stereocenters. The molecule has 112 valence electrons. The van der Waals surface area contributed by atoms with Crippen LogP contribution < -0.4 is 5.32 Å². The lowest BCUT2D eigenvalue weighted by atomic mass is 9.97. The first kappa shape index (κ1) is 15.6. The maximum Gasteiger partial charge on any atom is 0.194 e. The van der Waals surface area contributed by atoms with E-state index in [1.165, 1.54) is 5.56 Å². The third-order valence-corrected chi connectivity index (χ3v) is 3.48. The van der Waals surface area contributed by atoms with Crippen molar-refractivity contribution in [2.24, 2.45) is 0 Å². The van der Waals surface area contributed by atoms with Crippen LogP contribution in [0.1, 0.15) is 36.1 Å². The monoisotopic (exact) mass is 293 g/mol. The molecule has 0 aromatic heterocycles. The number of aryl methyl sites for hydroxylation is 1. The molecule has 0 heterocycles. The van der Waals surface area contributed by atoms with Gasteiger partial charge >= 0.3 is 0 Å². The SMILES string of the molecule is CCCc1ccc(C(NC)c2cc(F)c(F)c(F)c2)cc1. The molecule has 21 heavy (non-hydrogen) atoms.